The molecule has 1 fully saturated rings. The molecule has 3 rings (SSSR count). The van der Waals surface area contributed by atoms with Crippen LogP contribution in [0.15, 0.2) is 42.5 Å². The van der Waals surface area contributed by atoms with Crippen molar-refractivity contribution in [3.05, 3.63) is 48.0 Å². The van der Waals surface area contributed by atoms with Crippen LogP contribution in [0.1, 0.15) is 18.0 Å². The molecule has 3 atom stereocenters. The van der Waals surface area contributed by atoms with Gasteiger partial charge < -0.3 is 21.3 Å². The lowest BCUT2D eigenvalue weighted by molar-refractivity contribution is -0.149. The Morgan fingerprint density at radius 2 is 1.87 bits per heavy atom. The molecular formula is C17H18N2O4. The second kappa shape index (κ2) is 5.64. The topological polar surface area (TPSA) is 113 Å². The number of carboxylic acids is 2. The van der Waals surface area contributed by atoms with Gasteiger partial charge in [-0.15, -0.1) is 0 Å². The Bertz CT molecular complexity index is 776. The van der Waals surface area contributed by atoms with Crippen LogP contribution in [0.3, 0.4) is 0 Å². The molecule has 1 aliphatic rings. The van der Waals surface area contributed by atoms with E-state index in [2.05, 4.69) is 5.32 Å². The standard InChI is InChI=1S/C17H18N2O4/c18-14(12-6-5-10-3-1-2-4-11(10)7-12)17(16(22)23)8-13(15(20)21)19-9-17/h1-7,13-14,19H,8-9,18H2,(H,20,21)(H,22,23)/t13-,14?,17-/m1/s1. The summed E-state index contributed by atoms with van der Waals surface area (Å²) in [5.74, 6) is -2.13. The molecule has 120 valence electrons. The average molecular weight is 314 g/mol. The van der Waals surface area contributed by atoms with Crippen molar-refractivity contribution in [1.29, 1.82) is 0 Å². The second-order valence-corrected chi connectivity index (χ2v) is 6.02. The fourth-order valence-corrected chi connectivity index (χ4v) is 3.24. The molecule has 0 aliphatic carbocycles. The lowest BCUT2D eigenvalue weighted by Crippen LogP contribution is -2.43. The molecule has 2 aromatic rings. The van der Waals surface area contributed by atoms with Crippen molar-refractivity contribution in [1.82, 2.24) is 5.32 Å². The highest BCUT2D eigenvalue weighted by Crippen LogP contribution is 2.40. The molecule has 6 nitrogen and oxygen atoms in total. The van der Waals surface area contributed by atoms with Crippen molar-refractivity contribution < 1.29 is 19.8 Å². The highest BCUT2D eigenvalue weighted by Gasteiger charge is 2.52. The zero-order valence-corrected chi connectivity index (χ0v) is 12.4. The highest BCUT2D eigenvalue weighted by molar-refractivity contribution is 5.84. The Morgan fingerprint density at radius 1 is 1.17 bits per heavy atom. The van der Waals surface area contributed by atoms with Crippen LogP contribution in [0.5, 0.6) is 0 Å². The van der Waals surface area contributed by atoms with Gasteiger partial charge in [-0.2, -0.15) is 0 Å². The van der Waals surface area contributed by atoms with E-state index in [0.717, 1.165) is 10.8 Å². The fraction of sp³-hybridized carbons (Fsp3) is 0.294. The Morgan fingerprint density at radius 3 is 2.48 bits per heavy atom. The maximum absolute atomic E-state index is 11.9. The Kier molecular flexibility index (Phi) is 3.79. The zero-order chi connectivity index (χ0) is 16.6. The first-order valence-corrected chi connectivity index (χ1v) is 7.38. The number of rotatable bonds is 4. The molecule has 2 aromatic carbocycles. The van der Waals surface area contributed by atoms with Gasteiger partial charge in [-0.3, -0.25) is 9.59 Å². The van der Waals surface area contributed by atoms with E-state index in [1.807, 2.05) is 42.5 Å². The van der Waals surface area contributed by atoms with Gasteiger partial charge in [0, 0.05) is 12.6 Å². The first-order valence-electron chi connectivity index (χ1n) is 7.38. The Balaban J connectivity index is 1.99. The van der Waals surface area contributed by atoms with Gasteiger partial charge in [-0.05, 0) is 28.8 Å². The summed E-state index contributed by atoms with van der Waals surface area (Å²) in [6.07, 6.45) is -0.0361. The molecule has 1 aliphatic heterocycles. The third kappa shape index (κ3) is 2.56. The van der Waals surface area contributed by atoms with Crippen LogP contribution in [-0.2, 0) is 9.59 Å². The van der Waals surface area contributed by atoms with Crippen molar-refractivity contribution in [3.8, 4) is 0 Å². The summed E-state index contributed by atoms with van der Waals surface area (Å²) in [6.45, 7) is 0.0350. The van der Waals surface area contributed by atoms with Crippen molar-refractivity contribution in [3.63, 3.8) is 0 Å². The normalized spacial score (nSPS) is 25.3. The van der Waals surface area contributed by atoms with E-state index in [1.54, 1.807) is 0 Å². The number of aliphatic carboxylic acids is 2. The van der Waals surface area contributed by atoms with E-state index in [4.69, 9.17) is 10.8 Å². The lowest BCUT2D eigenvalue weighted by atomic mass is 9.75. The number of nitrogens with one attached hydrogen (secondary N) is 1. The van der Waals surface area contributed by atoms with E-state index in [-0.39, 0.29) is 13.0 Å². The number of carboxylic acid groups (broad SMARTS) is 2. The number of nitrogens with two attached hydrogens (primary N) is 1. The molecule has 0 amide bonds. The van der Waals surface area contributed by atoms with Crippen LogP contribution in [0, 0.1) is 5.41 Å². The minimum Gasteiger partial charge on any atom is -0.481 e. The summed E-state index contributed by atoms with van der Waals surface area (Å²) in [4.78, 5) is 23.0. The van der Waals surface area contributed by atoms with E-state index in [1.165, 1.54) is 0 Å². The molecule has 5 N–H and O–H groups in total. The minimum atomic E-state index is -1.33. The third-order valence-corrected chi connectivity index (χ3v) is 4.68. The van der Waals surface area contributed by atoms with Gasteiger partial charge in [0.15, 0.2) is 0 Å². The van der Waals surface area contributed by atoms with Crippen LogP contribution < -0.4 is 11.1 Å². The average Bonchev–Trinajstić information content (AvgIpc) is 3.00. The summed E-state index contributed by atoms with van der Waals surface area (Å²) in [5, 5.41) is 23.6. The summed E-state index contributed by atoms with van der Waals surface area (Å²) >= 11 is 0. The number of hydrogen-bond acceptors (Lipinski definition) is 4. The fourth-order valence-electron chi connectivity index (χ4n) is 3.24. The van der Waals surface area contributed by atoms with Crippen molar-refractivity contribution >= 4 is 22.7 Å². The predicted molar refractivity (Wildman–Crippen MR) is 85.0 cm³/mol. The van der Waals surface area contributed by atoms with E-state index in [9.17, 15) is 14.7 Å². The van der Waals surface area contributed by atoms with Crippen LogP contribution in [-0.4, -0.2) is 34.7 Å². The van der Waals surface area contributed by atoms with Gasteiger partial charge in [-0.1, -0.05) is 36.4 Å². The van der Waals surface area contributed by atoms with Crippen LogP contribution in [0.25, 0.3) is 10.8 Å². The predicted octanol–water partition coefficient (Wildman–Crippen LogP) is 1.36. The van der Waals surface area contributed by atoms with E-state index >= 15 is 0 Å². The van der Waals surface area contributed by atoms with Gasteiger partial charge >= 0.3 is 11.9 Å². The van der Waals surface area contributed by atoms with E-state index in [0.29, 0.717) is 5.56 Å². The summed E-state index contributed by atoms with van der Waals surface area (Å²) < 4.78 is 0. The van der Waals surface area contributed by atoms with E-state index < -0.39 is 29.4 Å². The maximum atomic E-state index is 11.9. The molecule has 1 saturated heterocycles. The summed E-state index contributed by atoms with van der Waals surface area (Å²) in [5.41, 5.74) is 5.64. The second-order valence-electron chi connectivity index (χ2n) is 6.02. The molecule has 0 spiro atoms. The largest absolute Gasteiger partial charge is 0.481 e. The molecule has 0 aromatic heterocycles. The molecule has 6 heteroatoms. The lowest BCUT2D eigenvalue weighted by Gasteiger charge is -2.30. The van der Waals surface area contributed by atoms with Crippen LogP contribution >= 0.6 is 0 Å². The smallest absolute Gasteiger partial charge is 0.320 e. The van der Waals surface area contributed by atoms with Crippen molar-refractivity contribution in [2.75, 3.05) is 6.54 Å². The Hall–Kier alpha value is -2.44. The van der Waals surface area contributed by atoms with Gasteiger partial charge in [0.05, 0.1) is 0 Å². The SMILES string of the molecule is NC(c1ccc2ccccc2c1)[C@]1(C(=O)O)CN[C@@H](C(=O)O)C1. The quantitative estimate of drug-likeness (QED) is 0.678. The molecule has 0 radical (unpaired) electrons. The van der Waals surface area contributed by atoms with Gasteiger partial charge in [0.2, 0.25) is 0 Å². The number of hydrogen-bond donors (Lipinski definition) is 4. The maximum Gasteiger partial charge on any atom is 0.320 e. The van der Waals surface area contributed by atoms with Crippen LogP contribution in [0.2, 0.25) is 0 Å². The first kappa shape index (κ1) is 15.5. The van der Waals surface area contributed by atoms with Crippen LogP contribution in [0.4, 0.5) is 0 Å². The van der Waals surface area contributed by atoms with Gasteiger partial charge in [-0.25, -0.2) is 0 Å². The van der Waals surface area contributed by atoms with Crippen molar-refractivity contribution in [2.24, 2.45) is 11.1 Å². The minimum absolute atomic E-state index is 0.0350. The highest BCUT2D eigenvalue weighted by atomic mass is 16.4. The molecule has 0 saturated carbocycles. The Labute approximate surface area is 132 Å². The molecule has 23 heavy (non-hydrogen) atoms. The molecule has 0 bridgehead atoms. The van der Waals surface area contributed by atoms with Gasteiger partial charge in [0.1, 0.15) is 11.5 Å². The van der Waals surface area contributed by atoms with Crippen molar-refractivity contribution in [2.45, 2.75) is 18.5 Å². The number of carbonyl (C=O) groups is 2. The third-order valence-electron chi connectivity index (χ3n) is 4.68. The zero-order valence-electron chi connectivity index (χ0n) is 12.4. The summed E-state index contributed by atoms with van der Waals surface area (Å²) in [6, 6.07) is 11.6. The monoisotopic (exact) mass is 314 g/mol. The molecule has 1 heterocycles. The first-order chi connectivity index (χ1) is 10.9. The van der Waals surface area contributed by atoms with Gasteiger partial charge in [0.25, 0.3) is 0 Å². The molecular weight excluding hydrogens is 296 g/mol. The molecule has 1 unspecified atom stereocenters. The number of benzene rings is 2. The summed E-state index contributed by atoms with van der Waals surface area (Å²) in [7, 11) is 0. The number of fused-ring (bicyclic) bond motifs is 1.